The Balaban J connectivity index is 0.00000361. The van der Waals surface area contributed by atoms with Crippen molar-refractivity contribution in [3.8, 4) is 5.75 Å². The number of nitrogens with one attached hydrogen (secondary N) is 1. The number of amides is 1. The van der Waals surface area contributed by atoms with E-state index in [4.69, 9.17) is 10.5 Å². The zero-order valence-electron chi connectivity index (χ0n) is 12.4. The van der Waals surface area contributed by atoms with Gasteiger partial charge in [-0.1, -0.05) is 25.5 Å². The summed E-state index contributed by atoms with van der Waals surface area (Å²) in [5.74, 6) is 0.746. The molecule has 1 aromatic carbocycles. The summed E-state index contributed by atoms with van der Waals surface area (Å²) in [7, 11) is 1.64. The average Bonchev–Trinajstić information content (AvgIpc) is 2.38. The van der Waals surface area contributed by atoms with Gasteiger partial charge in [0.1, 0.15) is 5.75 Å². The van der Waals surface area contributed by atoms with Crippen LogP contribution in [0.3, 0.4) is 0 Å². The van der Waals surface area contributed by atoms with Crippen molar-refractivity contribution in [1.29, 1.82) is 0 Å². The third-order valence-corrected chi connectivity index (χ3v) is 3.12. The van der Waals surface area contributed by atoms with E-state index < -0.39 is 5.54 Å². The summed E-state index contributed by atoms with van der Waals surface area (Å²) in [6, 6.07) is 7.84. The third kappa shape index (κ3) is 5.80. The lowest BCUT2D eigenvalue weighted by atomic mass is 9.96. The summed E-state index contributed by atoms with van der Waals surface area (Å²) < 4.78 is 5.16. The van der Waals surface area contributed by atoms with Crippen LogP contribution in [0.15, 0.2) is 24.3 Å². The Labute approximate surface area is 127 Å². The second-order valence-corrected chi connectivity index (χ2v) is 5.02. The molecule has 4 nitrogen and oxygen atoms in total. The zero-order chi connectivity index (χ0) is 14.3. The summed E-state index contributed by atoms with van der Waals surface area (Å²) in [6.45, 7) is 4.38. The van der Waals surface area contributed by atoms with Gasteiger partial charge in [-0.25, -0.2) is 0 Å². The normalized spacial score (nSPS) is 13.0. The van der Waals surface area contributed by atoms with Crippen molar-refractivity contribution in [3.05, 3.63) is 29.8 Å². The standard InChI is InChI=1S/C15H24N2O2.ClH/c1-4-9-15(2,16)14(18)17-10-8-12-6-5-7-13(11-12)19-3;/h5-7,11H,4,8-10,16H2,1-3H3,(H,17,18);1H. The number of halogens is 1. The van der Waals surface area contributed by atoms with E-state index in [9.17, 15) is 4.79 Å². The fourth-order valence-corrected chi connectivity index (χ4v) is 1.98. The van der Waals surface area contributed by atoms with Gasteiger partial charge in [0, 0.05) is 6.54 Å². The molecule has 0 aliphatic rings. The number of hydrogen-bond donors (Lipinski definition) is 2. The Morgan fingerprint density at radius 3 is 2.75 bits per heavy atom. The minimum absolute atomic E-state index is 0. The minimum Gasteiger partial charge on any atom is -0.497 e. The van der Waals surface area contributed by atoms with Crippen molar-refractivity contribution in [2.24, 2.45) is 5.73 Å². The molecule has 1 aromatic rings. The van der Waals surface area contributed by atoms with E-state index >= 15 is 0 Å². The predicted molar refractivity (Wildman–Crippen MR) is 84.5 cm³/mol. The van der Waals surface area contributed by atoms with Gasteiger partial charge in [0.05, 0.1) is 12.6 Å². The molecule has 0 bridgehead atoms. The van der Waals surface area contributed by atoms with E-state index in [1.165, 1.54) is 0 Å². The Hall–Kier alpha value is -1.26. The molecule has 20 heavy (non-hydrogen) atoms. The zero-order valence-corrected chi connectivity index (χ0v) is 13.3. The molecule has 1 unspecified atom stereocenters. The highest BCUT2D eigenvalue weighted by molar-refractivity contribution is 5.85. The van der Waals surface area contributed by atoms with Crippen LogP contribution in [0, 0.1) is 0 Å². The number of ether oxygens (including phenoxy) is 1. The van der Waals surface area contributed by atoms with Gasteiger partial charge in [-0.05, 0) is 37.5 Å². The van der Waals surface area contributed by atoms with Crippen LogP contribution in [0.4, 0.5) is 0 Å². The van der Waals surface area contributed by atoms with Crippen LogP contribution in [-0.4, -0.2) is 25.1 Å². The van der Waals surface area contributed by atoms with Gasteiger partial charge >= 0.3 is 0 Å². The molecule has 0 aliphatic carbocycles. The van der Waals surface area contributed by atoms with Crippen molar-refractivity contribution in [3.63, 3.8) is 0 Å². The quantitative estimate of drug-likeness (QED) is 0.812. The molecule has 1 rings (SSSR count). The molecule has 1 amide bonds. The maximum Gasteiger partial charge on any atom is 0.239 e. The molecule has 0 aliphatic heterocycles. The van der Waals surface area contributed by atoms with Crippen molar-refractivity contribution >= 4 is 18.3 Å². The predicted octanol–water partition coefficient (Wildman–Crippen LogP) is 2.29. The Bertz CT molecular complexity index is 422. The highest BCUT2D eigenvalue weighted by Gasteiger charge is 2.26. The highest BCUT2D eigenvalue weighted by Crippen LogP contribution is 2.13. The molecule has 114 valence electrons. The number of carbonyl (C=O) groups excluding carboxylic acids is 1. The van der Waals surface area contributed by atoms with E-state index in [-0.39, 0.29) is 18.3 Å². The summed E-state index contributed by atoms with van der Waals surface area (Å²) in [5, 5.41) is 2.89. The lowest BCUT2D eigenvalue weighted by molar-refractivity contribution is -0.126. The van der Waals surface area contributed by atoms with E-state index in [0.29, 0.717) is 13.0 Å². The second-order valence-electron chi connectivity index (χ2n) is 5.02. The number of rotatable bonds is 7. The molecule has 0 saturated carbocycles. The van der Waals surface area contributed by atoms with Gasteiger partial charge in [0.2, 0.25) is 5.91 Å². The van der Waals surface area contributed by atoms with E-state index in [0.717, 1.165) is 24.2 Å². The third-order valence-electron chi connectivity index (χ3n) is 3.12. The second kappa shape index (κ2) is 8.82. The highest BCUT2D eigenvalue weighted by atomic mass is 35.5. The van der Waals surface area contributed by atoms with Crippen LogP contribution >= 0.6 is 12.4 Å². The van der Waals surface area contributed by atoms with E-state index in [1.54, 1.807) is 14.0 Å². The van der Waals surface area contributed by atoms with Crippen molar-refractivity contribution in [1.82, 2.24) is 5.32 Å². The molecular weight excluding hydrogens is 276 g/mol. The van der Waals surface area contributed by atoms with Crippen LogP contribution in [0.5, 0.6) is 5.75 Å². The Morgan fingerprint density at radius 1 is 1.45 bits per heavy atom. The number of hydrogen-bond acceptors (Lipinski definition) is 3. The van der Waals surface area contributed by atoms with Gasteiger partial charge in [-0.3, -0.25) is 4.79 Å². The lowest BCUT2D eigenvalue weighted by Crippen LogP contribution is -2.51. The first-order chi connectivity index (χ1) is 8.99. The SMILES string of the molecule is CCCC(C)(N)C(=O)NCCc1cccc(OC)c1.Cl. The molecule has 5 heteroatoms. The van der Waals surface area contributed by atoms with Crippen LogP contribution in [0.25, 0.3) is 0 Å². The summed E-state index contributed by atoms with van der Waals surface area (Å²) >= 11 is 0. The van der Waals surface area contributed by atoms with Crippen LogP contribution in [0.2, 0.25) is 0 Å². The van der Waals surface area contributed by atoms with E-state index in [1.807, 2.05) is 31.2 Å². The topological polar surface area (TPSA) is 64.4 Å². The fraction of sp³-hybridized carbons (Fsp3) is 0.533. The molecule has 0 spiro atoms. The number of methoxy groups -OCH3 is 1. The van der Waals surface area contributed by atoms with Gasteiger partial charge in [0.25, 0.3) is 0 Å². The largest absolute Gasteiger partial charge is 0.497 e. The Kier molecular flexibility index (Phi) is 8.26. The van der Waals surface area contributed by atoms with Gasteiger partial charge < -0.3 is 15.8 Å². The van der Waals surface area contributed by atoms with Gasteiger partial charge in [-0.2, -0.15) is 0 Å². The fourth-order valence-electron chi connectivity index (χ4n) is 1.98. The van der Waals surface area contributed by atoms with Crippen LogP contribution in [-0.2, 0) is 11.2 Å². The number of nitrogens with two attached hydrogens (primary N) is 1. The number of benzene rings is 1. The first-order valence-corrected chi connectivity index (χ1v) is 6.69. The summed E-state index contributed by atoms with van der Waals surface area (Å²) in [5.41, 5.74) is 6.32. The monoisotopic (exact) mass is 300 g/mol. The van der Waals surface area contributed by atoms with Gasteiger partial charge in [-0.15, -0.1) is 12.4 Å². The minimum atomic E-state index is -0.775. The maximum atomic E-state index is 11.9. The van der Waals surface area contributed by atoms with Crippen molar-refractivity contribution < 1.29 is 9.53 Å². The summed E-state index contributed by atoms with van der Waals surface area (Å²) in [6.07, 6.45) is 2.36. The lowest BCUT2D eigenvalue weighted by Gasteiger charge is -2.22. The molecule has 0 saturated heterocycles. The molecule has 0 radical (unpaired) electrons. The van der Waals surface area contributed by atoms with E-state index in [2.05, 4.69) is 5.32 Å². The summed E-state index contributed by atoms with van der Waals surface area (Å²) in [4.78, 5) is 11.9. The van der Waals surface area contributed by atoms with Gasteiger partial charge in [0.15, 0.2) is 0 Å². The molecule has 0 fully saturated rings. The first kappa shape index (κ1) is 18.7. The molecular formula is C15H25ClN2O2. The Morgan fingerprint density at radius 2 is 2.15 bits per heavy atom. The van der Waals surface area contributed by atoms with Crippen molar-refractivity contribution in [2.75, 3.05) is 13.7 Å². The number of carbonyl (C=O) groups is 1. The average molecular weight is 301 g/mol. The van der Waals surface area contributed by atoms with Crippen LogP contribution in [0.1, 0.15) is 32.3 Å². The smallest absolute Gasteiger partial charge is 0.239 e. The molecule has 0 aromatic heterocycles. The van der Waals surface area contributed by atoms with Crippen LogP contribution < -0.4 is 15.8 Å². The molecule has 3 N–H and O–H groups in total. The first-order valence-electron chi connectivity index (χ1n) is 6.69. The molecule has 1 atom stereocenters. The maximum absolute atomic E-state index is 11.9. The molecule has 0 heterocycles. The van der Waals surface area contributed by atoms with Crippen molar-refractivity contribution in [2.45, 2.75) is 38.6 Å².